The Morgan fingerprint density at radius 2 is 2.00 bits per heavy atom. The van der Waals surface area contributed by atoms with E-state index in [9.17, 15) is 4.39 Å². The first-order valence-electron chi connectivity index (χ1n) is 10.3. The topological polar surface area (TPSA) is 95.5 Å². The number of aromatic amines is 2. The molecular formula is C25H20FN7. The second-order valence-electron chi connectivity index (χ2n) is 7.57. The standard InChI is InChI=1S/C25H20FN7/c1-4-15(10-27-5-2)20-9-18-21(13-29-20)32-33-24(18)25-30-22-12-28-11-19(23(22)31-25)16-6-14(3)7-17(26)8-16/h4-13H,1H2,2-3H3,(H,30,31)(H,32,33)/b15-10+,27-5?. The molecule has 33 heavy (non-hydrogen) atoms. The molecule has 0 aliphatic rings. The maximum Gasteiger partial charge on any atom is 0.159 e. The summed E-state index contributed by atoms with van der Waals surface area (Å²) in [6, 6.07) is 6.82. The van der Waals surface area contributed by atoms with Crippen LogP contribution in [0.15, 0.2) is 66.7 Å². The molecule has 0 bridgehead atoms. The second kappa shape index (κ2) is 8.23. The molecule has 1 aromatic carbocycles. The molecule has 0 radical (unpaired) electrons. The molecular weight excluding hydrogens is 417 g/mol. The van der Waals surface area contributed by atoms with Crippen LogP contribution in [0.2, 0.25) is 0 Å². The Kier molecular flexibility index (Phi) is 5.10. The molecule has 0 atom stereocenters. The van der Waals surface area contributed by atoms with Crippen LogP contribution in [0, 0.1) is 12.7 Å². The minimum Gasteiger partial charge on any atom is -0.335 e. The molecule has 5 aromatic rings. The van der Waals surface area contributed by atoms with Gasteiger partial charge in [0.05, 0.1) is 34.6 Å². The first-order valence-corrected chi connectivity index (χ1v) is 10.3. The van der Waals surface area contributed by atoms with Crippen LogP contribution in [0.5, 0.6) is 0 Å². The van der Waals surface area contributed by atoms with E-state index in [4.69, 9.17) is 4.98 Å². The first kappa shape index (κ1) is 20.4. The van der Waals surface area contributed by atoms with Gasteiger partial charge in [0.1, 0.15) is 11.5 Å². The summed E-state index contributed by atoms with van der Waals surface area (Å²) in [7, 11) is 0. The second-order valence-corrected chi connectivity index (χ2v) is 7.57. The highest BCUT2D eigenvalue weighted by Crippen LogP contribution is 2.32. The number of hydrogen-bond acceptors (Lipinski definition) is 5. The van der Waals surface area contributed by atoms with E-state index >= 15 is 0 Å². The Hall–Kier alpha value is -4.46. The van der Waals surface area contributed by atoms with Crippen molar-refractivity contribution in [3.8, 4) is 22.6 Å². The minimum absolute atomic E-state index is 0.297. The monoisotopic (exact) mass is 437 g/mol. The van der Waals surface area contributed by atoms with Crippen LogP contribution in [0.3, 0.4) is 0 Å². The molecule has 5 rings (SSSR count). The van der Waals surface area contributed by atoms with Crippen molar-refractivity contribution in [1.29, 1.82) is 0 Å². The smallest absolute Gasteiger partial charge is 0.159 e. The molecule has 2 N–H and O–H groups in total. The lowest BCUT2D eigenvalue weighted by atomic mass is 10.0. The normalized spacial score (nSPS) is 12.3. The van der Waals surface area contributed by atoms with Crippen LogP contribution in [-0.2, 0) is 0 Å². The van der Waals surface area contributed by atoms with Crippen LogP contribution in [0.25, 0.3) is 50.2 Å². The van der Waals surface area contributed by atoms with Gasteiger partial charge in [-0.2, -0.15) is 5.10 Å². The predicted molar refractivity (Wildman–Crippen MR) is 129 cm³/mol. The van der Waals surface area contributed by atoms with Gasteiger partial charge >= 0.3 is 0 Å². The highest BCUT2D eigenvalue weighted by Gasteiger charge is 2.17. The largest absolute Gasteiger partial charge is 0.335 e. The van der Waals surface area contributed by atoms with E-state index in [0.29, 0.717) is 17.0 Å². The molecule has 0 spiro atoms. The third kappa shape index (κ3) is 3.71. The predicted octanol–water partition coefficient (Wildman–Crippen LogP) is 5.63. The van der Waals surface area contributed by atoms with Crippen LogP contribution in [0.4, 0.5) is 4.39 Å². The third-order valence-corrected chi connectivity index (χ3v) is 5.30. The zero-order valence-corrected chi connectivity index (χ0v) is 18.1. The molecule has 4 heterocycles. The number of aliphatic imine (C=N–C) groups is 1. The molecule has 0 saturated heterocycles. The summed E-state index contributed by atoms with van der Waals surface area (Å²) in [6.07, 6.45) is 10.2. The number of allylic oxidation sites excluding steroid dienone is 2. The molecule has 7 nitrogen and oxygen atoms in total. The van der Waals surface area contributed by atoms with E-state index in [1.807, 2.05) is 26.0 Å². The maximum absolute atomic E-state index is 14.0. The average Bonchev–Trinajstić information content (AvgIpc) is 3.42. The zero-order valence-electron chi connectivity index (χ0n) is 18.1. The van der Waals surface area contributed by atoms with Gasteiger partial charge in [0, 0.05) is 35.1 Å². The van der Waals surface area contributed by atoms with Crippen molar-refractivity contribution in [3.63, 3.8) is 0 Å². The quantitative estimate of drug-likeness (QED) is 0.275. The van der Waals surface area contributed by atoms with Gasteiger partial charge in [0.2, 0.25) is 0 Å². The molecule has 162 valence electrons. The van der Waals surface area contributed by atoms with Crippen molar-refractivity contribution in [1.82, 2.24) is 30.1 Å². The molecule has 0 unspecified atom stereocenters. The lowest BCUT2D eigenvalue weighted by Gasteiger charge is -2.04. The number of H-pyrrole nitrogens is 2. The summed E-state index contributed by atoms with van der Waals surface area (Å²) in [5.74, 6) is 0.279. The maximum atomic E-state index is 14.0. The Bertz CT molecular complexity index is 1550. The zero-order chi connectivity index (χ0) is 22.9. The molecule has 8 heteroatoms. The molecule has 0 saturated carbocycles. The lowest BCUT2D eigenvalue weighted by Crippen LogP contribution is -1.88. The van der Waals surface area contributed by atoms with E-state index in [2.05, 4.69) is 36.7 Å². The molecule has 0 aliphatic carbocycles. The number of aryl methyl sites for hydroxylation is 1. The number of pyridine rings is 2. The SMILES string of the molecule is C=C/C(=C\N=CC)c1cc2c(-c3nc4c(-c5cc(C)cc(F)c5)cncc4[nH]3)n[nH]c2cn1. The Morgan fingerprint density at radius 3 is 2.79 bits per heavy atom. The van der Waals surface area contributed by atoms with Gasteiger partial charge in [0.25, 0.3) is 0 Å². The van der Waals surface area contributed by atoms with Crippen LogP contribution >= 0.6 is 0 Å². The summed E-state index contributed by atoms with van der Waals surface area (Å²) in [5.41, 5.74) is 6.66. The molecule has 4 aromatic heterocycles. The number of nitrogens with zero attached hydrogens (tertiary/aromatic N) is 5. The number of hydrogen-bond donors (Lipinski definition) is 2. The number of rotatable bonds is 5. The molecule has 0 amide bonds. The number of halogens is 1. The number of nitrogens with one attached hydrogen (secondary N) is 2. The van der Waals surface area contributed by atoms with Crippen molar-refractivity contribution in [2.45, 2.75) is 13.8 Å². The lowest BCUT2D eigenvalue weighted by molar-refractivity contribution is 0.627. The van der Waals surface area contributed by atoms with Crippen LogP contribution in [0.1, 0.15) is 18.2 Å². The van der Waals surface area contributed by atoms with Crippen LogP contribution < -0.4 is 0 Å². The van der Waals surface area contributed by atoms with Crippen molar-refractivity contribution < 1.29 is 4.39 Å². The van der Waals surface area contributed by atoms with Gasteiger partial charge in [-0.05, 0) is 43.2 Å². The number of fused-ring (bicyclic) bond motifs is 2. The van der Waals surface area contributed by atoms with E-state index in [1.165, 1.54) is 12.1 Å². The average molecular weight is 437 g/mol. The fourth-order valence-corrected chi connectivity index (χ4v) is 3.78. The van der Waals surface area contributed by atoms with Crippen LogP contribution in [-0.4, -0.2) is 36.3 Å². The highest BCUT2D eigenvalue weighted by molar-refractivity contribution is 5.97. The van der Waals surface area contributed by atoms with E-state index in [0.717, 1.165) is 44.4 Å². The fourth-order valence-electron chi connectivity index (χ4n) is 3.78. The Balaban J connectivity index is 1.66. The Morgan fingerprint density at radius 1 is 1.12 bits per heavy atom. The Labute approximate surface area is 188 Å². The van der Waals surface area contributed by atoms with Gasteiger partial charge in [0.15, 0.2) is 5.82 Å². The van der Waals surface area contributed by atoms with Gasteiger partial charge < -0.3 is 4.98 Å². The number of benzene rings is 1. The van der Waals surface area contributed by atoms with Gasteiger partial charge in [-0.15, -0.1) is 0 Å². The number of imidazole rings is 1. The van der Waals surface area contributed by atoms with Crippen molar-refractivity contribution in [3.05, 3.63) is 78.8 Å². The van der Waals surface area contributed by atoms with Crippen molar-refractivity contribution in [2.24, 2.45) is 4.99 Å². The van der Waals surface area contributed by atoms with Crippen molar-refractivity contribution in [2.75, 3.05) is 0 Å². The molecule has 0 fully saturated rings. The van der Waals surface area contributed by atoms with Gasteiger partial charge in [-0.25, -0.2) is 9.37 Å². The van der Waals surface area contributed by atoms with Gasteiger partial charge in [-0.1, -0.05) is 18.7 Å². The first-order chi connectivity index (χ1) is 16.1. The highest BCUT2D eigenvalue weighted by atomic mass is 19.1. The minimum atomic E-state index is -0.297. The summed E-state index contributed by atoms with van der Waals surface area (Å²) >= 11 is 0. The third-order valence-electron chi connectivity index (χ3n) is 5.30. The summed E-state index contributed by atoms with van der Waals surface area (Å²) < 4.78 is 14.0. The summed E-state index contributed by atoms with van der Waals surface area (Å²) in [4.78, 5) is 21.1. The van der Waals surface area contributed by atoms with E-state index in [1.54, 1.807) is 37.1 Å². The molecule has 0 aliphatic heterocycles. The van der Waals surface area contributed by atoms with E-state index in [-0.39, 0.29) is 5.82 Å². The number of aromatic nitrogens is 6. The fraction of sp³-hybridized carbons (Fsp3) is 0.0800. The van der Waals surface area contributed by atoms with Gasteiger partial charge in [-0.3, -0.25) is 20.1 Å². The summed E-state index contributed by atoms with van der Waals surface area (Å²) in [6.45, 7) is 7.56. The summed E-state index contributed by atoms with van der Waals surface area (Å²) in [5, 5.41) is 8.32. The van der Waals surface area contributed by atoms with E-state index < -0.39 is 0 Å². The van der Waals surface area contributed by atoms with Crippen molar-refractivity contribution >= 4 is 33.7 Å².